The minimum atomic E-state index is -1.15. The number of nitrogens with one attached hydrogen (secondary N) is 3. The lowest BCUT2D eigenvalue weighted by Crippen LogP contribution is -2.50. The molecule has 1 aliphatic rings. The number of primary amides is 1. The van der Waals surface area contributed by atoms with Gasteiger partial charge in [0.25, 0.3) is 0 Å². The summed E-state index contributed by atoms with van der Waals surface area (Å²) in [6.45, 7) is 0. The van der Waals surface area contributed by atoms with Crippen molar-refractivity contribution in [2.45, 2.75) is 18.9 Å². The highest BCUT2D eigenvalue weighted by molar-refractivity contribution is 6.34. The molecule has 13 heavy (non-hydrogen) atoms. The largest absolute Gasteiger partial charge is 0.361 e. The first-order valence-corrected chi connectivity index (χ1v) is 3.76. The maximum absolute atomic E-state index is 10.8. The van der Waals surface area contributed by atoms with Gasteiger partial charge in [0, 0.05) is 6.04 Å². The average Bonchev–Trinajstić information content (AvgIpc) is 2.83. The van der Waals surface area contributed by atoms with E-state index in [-0.39, 0.29) is 6.04 Å². The molecular weight excluding hydrogens is 176 g/mol. The Morgan fingerprint density at radius 2 is 1.77 bits per heavy atom. The molecule has 1 saturated carbocycles. The second-order valence-electron chi connectivity index (χ2n) is 2.69. The van der Waals surface area contributed by atoms with Crippen molar-refractivity contribution in [3.63, 3.8) is 0 Å². The smallest absolute Gasteiger partial charge is 0.333 e. The molecule has 4 amide bonds. The van der Waals surface area contributed by atoms with Crippen molar-refractivity contribution < 1.29 is 14.4 Å². The van der Waals surface area contributed by atoms with E-state index in [0.29, 0.717) is 0 Å². The minimum absolute atomic E-state index is 0.186. The number of hydrogen-bond acceptors (Lipinski definition) is 3. The molecule has 7 heteroatoms. The van der Waals surface area contributed by atoms with Gasteiger partial charge in [-0.2, -0.15) is 0 Å². The van der Waals surface area contributed by atoms with E-state index in [1.807, 2.05) is 10.9 Å². The van der Waals surface area contributed by atoms with Gasteiger partial charge in [0.05, 0.1) is 0 Å². The summed E-state index contributed by atoms with van der Waals surface area (Å²) in [6, 6.07) is -0.359. The zero-order valence-electron chi connectivity index (χ0n) is 6.79. The van der Waals surface area contributed by atoms with Crippen LogP contribution in [0, 0.1) is 0 Å². The first kappa shape index (κ1) is 9.30. The first-order valence-electron chi connectivity index (χ1n) is 3.76. The van der Waals surface area contributed by atoms with Crippen molar-refractivity contribution in [1.82, 2.24) is 16.2 Å². The predicted octanol–water partition coefficient (Wildman–Crippen LogP) is -2.04. The van der Waals surface area contributed by atoms with Crippen molar-refractivity contribution in [3.8, 4) is 0 Å². The molecular formula is C6H10N4O3. The molecule has 1 rings (SSSR count). The maximum atomic E-state index is 10.8. The van der Waals surface area contributed by atoms with Crippen molar-refractivity contribution in [3.05, 3.63) is 0 Å². The molecule has 0 bridgehead atoms. The van der Waals surface area contributed by atoms with Crippen LogP contribution in [0.25, 0.3) is 0 Å². The highest BCUT2D eigenvalue weighted by atomic mass is 16.2. The summed E-state index contributed by atoms with van der Waals surface area (Å²) in [7, 11) is 0. The molecule has 0 aromatic heterocycles. The van der Waals surface area contributed by atoms with Crippen LogP contribution in [0.2, 0.25) is 0 Å². The van der Waals surface area contributed by atoms with E-state index in [0.717, 1.165) is 12.8 Å². The topological polar surface area (TPSA) is 113 Å². The van der Waals surface area contributed by atoms with Crippen LogP contribution < -0.4 is 21.9 Å². The van der Waals surface area contributed by atoms with Crippen LogP contribution >= 0.6 is 0 Å². The van der Waals surface area contributed by atoms with Crippen LogP contribution in [0.1, 0.15) is 12.8 Å². The van der Waals surface area contributed by atoms with Gasteiger partial charge >= 0.3 is 17.8 Å². The Bertz CT molecular complexity index is 248. The van der Waals surface area contributed by atoms with Crippen molar-refractivity contribution >= 4 is 17.8 Å². The summed E-state index contributed by atoms with van der Waals surface area (Å²) >= 11 is 0. The van der Waals surface area contributed by atoms with Crippen molar-refractivity contribution in [2.24, 2.45) is 5.73 Å². The quantitative estimate of drug-likeness (QED) is 0.279. The molecule has 72 valence electrons. The van der Waals surface area contributed by atoms with Gasteiger partial charge in [-0.1, -0.05) is 0 Å². The van der Waals surface area contributed by atoms with Crippen LogP contribution in [-0.2, 0) is 9.59 Å². The molecule has 0 radical (unpaired) electrons. The molecule has 5 N–H and O–H groups in total. The Morgan fingerprint density at radius 3 is 2.23 bits per heavy atom. The fourth-order valence-electron chi connectivity index (χ4n) is 0.624. The highest BCUT2D eigenvalue weighted by Crippen LogP contribution is 2.17. The third kappa shape index (κ3) is 3.41. The minimum Gasteiger partial charge on any atom is -0.361 e. The van der Waals surface area contributed by atoms with Gasteiger partial charge in [-0.3, -0.25) is 15.0 Å². The lowest BCUT2D eigenvalue weighted by molar-refractivity contribution is -0.137. The number of nitrogens with two attached hydrogens (primary N) is 1. The van der Waals surface area contributed by atoms with E-state index in [1.54, 1.807) is 0 Å². The molecule has 1 fully saturated rings. The number of carbonyl (C=O) groups excluding carboxylic acids is 3. The molecule has 1 aliphatic carbocycles. The van der Waals surface area contributed by atoms with Crippen molar-refractivity contribution in [2.75, 3.05) is 0 Å². The Hall–Kier alpha value is -1.79. The van der Waals surface area contributed by atoms with Gasteiger partial charge in [0.15, 0.2) is 0 Å². The third-order valence-electron chi connectivity index (χ3n) is 1.43. The normalized spacial score (nSPS) is 14.5. The first-order chi connectivity index (χ1) is 6.09. The number of amides is 4. The fraction of sp³-hybridized carbons (Fsp3) is 0.500. The zero-order valence-corrected chi connectivity index (χ0v) is 6.79. The molecule has 0 atom stereocenters. The zero-order chi connectivity index (χ0) is 9.84. The van der Waals surface area contributed by atoms with E-state index >= 15 is 0 Å². The molecule has 0 aromatic rings. The maximum Gasteiger partial charge on any atom is 0.333 e. The molecule has 0 aromatic carbocycles. The number of hydrogen-bond donors (Lipinski definition) is 4. The molecule has 0 saturated heterocycles. The van der Waals surface area contributed by atoms with Crippen molar-refractivity contribution in [1.29, 1.82) is 0 Å². The van der Waals surface area contributed by atoms with Gasteiger partial charge < -0.3 is 11.1 Å². The lowest BCUT2D eigenvalue weighted by Gasteiger charge is -2.05. The molecule has 0 unspecified atom stereocenters. The highest BCUT2D eigenvalue weighted by Gasteiger charge is 2.23. The Morgan fingerprint density at radius 1 is 1.15 bits per heavy atom. The summed E-state index contributed by atoms with van der Waals surface area (Å²) in [4.78, 5) is 31.5. The Labute approximate surface area is 74.0 Å². The second-order valence-corrected chi connectivity index (χ2v) is 2.69. The molecule has 0 aliphatic heterocycles. The van der Waals surface area contributed by atoms with E-state index in [1.165, 1.54) is 0 Å². The summed E-state index contributed by atoms with van der Waals surface area (Å²) < 4.78 is 0. The van der Waals surface area contributed by atoms with Gasteiger partial charge in [-0.25, -0.2) is 10.2 Å². The number of rotatable bonds is 1. The van der Waals surface area contributed by atoms with Gasteiger partial charge in [0.2, 0.25) is 0 Å². The van der Waals surface area contributed by atoms with Crippen LogP contribution in [-0.4, -0.2) is 23.9 Å². The van der Waals surface area contributed by atoms with Gasteiger partial charge in [0.1, 0.15) is 0 Å². The number of carbonyl (C=O) groups is 3. The molecule has 7 nitrogen and oxygen atoms in total. The molecule has 0 spiro atoms. The summed E-state index contributed by atoms with van der Waals surface area (Å²) in [5.74, 6) is -2.20. The number of urea groups is 1. The van der Waals surface area contributed by atoms with Gasteiger partial charge in [-0.05, 0) is 12.8 Å². The third-order valence-corrected chi connectivity index (χ3v) is 1.43. The van der Waals surface area contributed by atoms with Crippen LogP contribution in [0.4, 0.5) is 4.79 Å². The van der Waals surface area contributed by atoms with Gasteiger partial charge in [-0.15, -0.1) is 0 Å². The monoisotopic (exact) mass is 186 g/mol. The van der Waals surface area contributed by atoms with E-state index in [4.69, 9.17) is 0 Å². The fourth-order valence-corrected chi connectivity index (χ4v) is 0.624. The predicted molar refractivity (Wildman–Crippen MR) is 42.0 cm³/mol. The molecule has 0 heterocycles. The lowest BCUT2D eigenvalue weighted by atomic mass is 10.6. The Kier molecular flexibility index (Phi) is 2.68. The Balaban J connectivity index is 2.13. The number of hydrazine groups is 1. The summed E-state index contributed by atoms with van der Waals surface area (Å²) in [6.07, 6.45) is 1.88. The van der Waals surface area contributed by atoms with Crippen LogP contribution in [0.15, 0.2) is 0 Å². The summed E-state index contributed by atoms with van der Waals surface area (Å²) in [5, 5.41) is 2.53. The van der Waals surface area contributed by atoms with Crippen LogP contribution in [0.3, 0.4) is 0 Å². The van der Waals surface area contributed by atoms with Crippen LogP contribution in [0.5, 0.6) is 0 Å². The summed E-state index contributed by atoms with van der Waals surface area (Å²) in [5.41, 5.74) is 8.44. The standard InChI is InChI=1S/C6H10N4O3/c7-4(11)5(12)9-10-6(13)8-3-1-2-3/h3H,1-2H2,(H2,7,11)(H,9,12)(H2,8,10,13). The van der Waals surface area contributed by atoms with E-state index < -0.39 is 17.8 Å². The SMILES string of the molecule is NC(=O)C(=O)NNC(=O)NC1CC1. The average molecular weight is 186 g/mol. The van der Waals surface area contributed by atoms with E-state index in [9.17, 15) is 14.4 Å². The van der Waals surface area contributed by atoms with E-state index in [2.05, 4.69) is 11.1 Å². The second kappa shape index (κ2) is 3.74.